The zero-order chi connectivity index (χ0) is 12.7. The van der Waals surface area contributed by atoms with Gasteiger partial charge >= 0.3 is 0 Å². The molecule has 0 bridgehead atoms. The molecule has 1 aromatic heterocycles. The molecule has 0 saturated heterocycles. The lowest BCUT2D eigenvalue weighted by Crippen LogP contribution is -1.78. The monoisotopic (exact) mass is 323 g/mol. The Balaban J connectivity index is 2.22. The summed E-state index contributed by atoms with van der Waals surface area (Å²) in [6.45, 7) is 0. The highest BCUT2D eigenvalue weighted by molar-refractivity contribution is 9.10. The predicted molar refractivity (Wildman–Crippen MR) is 74.4 cm³/mol. The Morgan fingerprint density at radius 2 is 2.00 bits per heavy atom. The molecular weight excluding hydrogens is 317 g/mol. The maximum Gasteiger partial charge on any atom is 0.128 e. The first-order valence-corrected chi connectivity index (χ1v) is 6.79. The summed E-state index contributed by atoms with van der Waals surface area (Å²) in [5.41, 5.74) is 1.38. The maximum atomic E-state index is 13.1. The second kappa shape index (κ2) is 4.33. The summed E-state index contributed by atoms with van der Waals surface area (Å²) < 4.78 is 14.7. The molecule has 3 rings (SSSR count). The average molecular weight is 324 g/mol. The Bertz CT molecular complexity index is 741. The van der Waals surface area contributed by atoms with Crippen LogP contribution in [0.4, 0.5) is 4.39 Å². The number of hydrogen-bond donors (Lipinski definition) is 1. The van der Waals surface area contributed by atoms with Crippen molar-refractivity contribution in [3.05, 3.63) is 46.7 Å². The van der Waals surface area contributed by atoms with Crippen LogP contribution in [-0.2, 0) is 0 Å². The molecule has 1 heterocycles. The molecule has 0 aliphatic carbocycles. The standard InChI is InChI=1S/C13H7BrFNOS/c14-7-1-4-11(17)9(5-7)13-16-10-3-2-8(15)6-12(10)18-13/h1-6,17H. The van der Waals surface area contributed by atoms with E-state index >= 15 is 0 Å². The summed E-state index contributed by atoms with van der Waals surface area (Å²) in [7, 11) is 0. The molecule has 1 N–H and O–H groups in total. The molecule has 0 aliphatic heterocycles. The third kappa shape index (κ3) is 2.00. The van der Waals surface area contributed by atoms with Gasteiger partial charge in [0.15, 0.2) is 0 Å². The molecular formula is C13H7BrFNOS. The van der Waals surface area contributed by atoms with Crippen molar-refractivity contribution < 1.29 is 9.50 Å². The molecule has 2 nitrogen and oxygen atoms in total. The van der Waals surface area contributed by atoms with Gasteiger partial charge in [0.2, 0.25) is 0 Å². The van der Waals surface area contributed by atoms with Gasteiger partial charge in [-0.2, -0.15) is 0 Å². The number of benzene rings is 2. The van der Waals surface area contributed by atoms with Gasteiger partial charge in [0.25, 0.3) is 0 Å². The molecule has 18 heavy (non-hydrogen) atoms. The first-order valence-electron chi connectivity index (χ1n) is 5.18. The van der Waals surface area contributed by atoms with E-state index in [0.717, 1.165) is 14.7 Å². The molecule has 5 heteroatoms. The van der Waals surface area contributed by atoms with Crippen LogP contribution in [0.1, 0.15) is 0 Å². The molecule has 0 spiro atoms. The molecule has 0 amide bonds. The molecule has 0 fully saturated rings. The van der Waals surface area contributed by atoms with Crippen LogP contribution < -0.4 is 0 Å². The van der Waals surface area contributed by atoms with E-state index in [0.29, 0.717) is 10.6 Å². The first kappa shape index (κ1) is 11.6. The second-order valence-corrected chi connectivity index (χ2v) is 5.74. The van der Waals surface area contributed by atoms with Gasteiger partial charge in [0.05, 0.1) is 15.8 Å². The fraction of sp³-hybridized carbons (Fsp3) is 0. The van der Waals surface area contributed by atoms with Crippen LogP contribution in [0.2, 0.25) is 0 Å². The Hall–Kier alpha value is -1.46. The highest BCUT2D eigenvalue weighted by atomic mass is 79.9. The topological polar surface area (TPSA) is 33.1 Å². The zero-order valence-electron chi connectivity index (χ0n) is 9.02. The minimum absolute atomic E-state index is 0.165. The SMILES string of the molecule is Oc1ccc(Br)cc1-c1nc2ccc(F)cc2s1. The second-order valence-electron chi connectivity index (χ2n) is 3.79. The number of hydrogen-bond acceptors (Lipinski definition) is 3. The van der Waals surface area contributed by atoms with Gasteiger partial charge in [-0.25, -0.2) is 9.37 Å². The van der Waals surface area contributed by atoms with Crippen molar-refractivity contribution in [3.63, 3.8) is 0 Å². The Morgan fingerprint density at radius 3 is 2.83 bits per heavy atom. The van der Waals surface area contributed by atoms with Gasteiger partial charge in [0, 0.05) is 4.47 Å². The molecule has 0 radical (unpaired) electrons. The summed E-state index contributed by atoms with van der Waals surface area (Å²) in [6.07, 6.45) is 0. The van der Waals surface area contributed by atoms with Crippen LogP contribution in [0.3, 0.4) is 0 Å². The van der Waals surface area contributed by atoms with Crippen molar-refractivity contribution in [2.24, 2.45) is 0 Å². The van der Waals surface area contributed by atoms with E-state index in [2.05, 4.69) is 20.9 Å². The van der Waals surface area contributed by atoms with Crippen molar-refractivity contribution in [2.75, 3.05) is 0 Å². The van der Waals surface area contributed by atoms with Gasteiger partial charge in [-0.3, -0.25) is 0 Å². The number of aromatic nitrogens is 1. The normalized spacial score (nSPS) is 11.0. The fourth-order valence-electron chi connectivity index (χ4n) is 1.69. The van der Waals surface area contributed by atoms with Gasteiger partial charge in [-0.15, -0.1) is 11.3 Å². The number of thiazole rings is 1. The van der Waals surface area contributed by atoms with Crippen LogP contribution >= 0.6 is 27.3 Å². The third-order valence-corrected chi connectivity index (χ3v) is 4.08. The van der Waals surface area contributed by atoms with E-state index < -0.39 is 0 Å². The van der Waals surface area contributed by atoms with Gasteiger partial charge < -0.3 is 5.11 Å². The highest BCUT2D eigenvalue weighted by Gasteiger charge is 2.11. The number of nitrogens with zero attached hydrogens (tertiary/aromatic N) is 1. The number of phenols is 1. The fourth-order valence-corrected chi connectivity index (χ4v) is 3.07. The molecule has 90 valence electrons. The number of phenolic OH excluding ortho intramolecular Hbond substituents is 1. The van der Waals surface area contributed by atoms with Crippen molar-refractivity contribution in [2.45, 2.75) is 0 Å². The highest BCUT2D eigenvalue weighted by Crippen LogP contribution is 2.36. The summed E-state index contributed by atoms with van der Waals surface area (Å²) in [5, 5.41) is 10.5. The summed E-state index contributed by atoms with van der Waals surface area (Å²) in [5.74, 6) is -0.117. The van der Waals surface area contributed by atoms with Gasteiger partial charge in [0.1, 0.15) is 16.6 Å². The van der Waals surface area contributed by atoms with E-state index in [1.807, 2.05) is 0 Å². The summed E-state index contributed by atoms with van der Waals surface area (Å²) >= 11 is 4.71. The van der Waals surface area contributed by atoms with Crippen LogP contribution in [-0.4, -0.2) is 10.1 Å². The van der Waals surface area contributed by atoms with Crippen LogP contribution in [0, 0.1) is 5.82 Å². The predicted octanol–water partition coefficient (Wildman–Crippen LogP) is 4.57. The summed E-state index contributed by atoms with van der Waals surface area (Å²) in [6, 6.07) is 9.62. The molecule has 0 unspecified atom stereocenters. The number of aromatic hydroxyl groups is 1. The number of rotatable bonds is 1. The average Bonchev–Trinajstić information content (AvgIpc) is 2.74. The molecule has 0 atom stereocenters. The molecule has 0 saturated carbocycles. The Labute approximate surface area is 115 Å². The number of halogens is 2. The van der Waals surface area contributed by atoms with Gasteiger partial charge in [-0.05, 0) is 36.4 Å². The maximum absolute atomic E-state index is 13.1. The van der Waals surface area contributed by atoms with Gasteiger partial charge in [-0.1, -0.05) is 15.9 Å². The van der Waals surface area contributed by atoms with E-state index in [4.69, 9.17) is 0 Å². The minimum atomic E-state index is -0.281. The van der Waals surface area contributed by atoms with Crippen molar-refractivity contribution in [3.8, 4) is 16.3 Å². The van der Waals surface area contributed by atoms with Crippen LogP contribution in [0.5, 0.6) is 5.75 Å². The minimum Gasteiger partial charge on any atom is -0.507 e. The number of fused-ring (bicyclic) bond motifs is 1. The lowest BCUT2D eigenvalue weighted by Gasteiger charge is -2.00. The first-order chi connectivity index (χ1) is 8.63. The van der Waals surface area contributed by atoms with E-state index in [9.17, 15) is 9.50 Å². The molecule has 0 aliphatic rings. The lowest BCUT2D eigenvalue weighted by atomic mass is 10.2. The van der Waals surface area contributed by atoms with Crippen molar-refractivity contribution in [1.29, 1.82) is 0 Å². The van der Waals surface area contributed by atoms with Crippen molar-refractivity contribution >= 4 is 37.5 Å². The molecule has 3 aromatic rings. The summed E-state index contributed by atoms with van der Waals surface area (Å²) in [4.78, 5) is 4.40. The van der Waals surface area contributed by atoms with E-state index in [1.165, 1.54) is 23.5 Å². The Kier molecular flexibility index (Phi) is 2.80. The third-order valence-electron chi connectivity index (χ3n) is 2.54. The van der Waals surface area contributed by atoms with Crippen LogP contribution in [0.15, 0.2) is 40.9 Å². The smallest absolute Gasteiger partial charge is 0.128 e. The van der Waals surface area contributed by atoms with Crippen LogP contribution in [0.25, 0.3) is 20.8 Å². The van der Waals surface area contributed by atoms with Crippen molar-refractivity contribution in [1.82, 2.24) is 4.98 Å². The Morgan fingerprint density at radius 1 is 1.17 bits per heavy atom. The van der Waals surface area contributed by atoms with E-state index in [1.54, 1.807) is 24.3 Å². The van der Waals surface area contributed by atoms with E-state index in [-0.39, 0.29) is 11.6 Å². The largest absolute Gasteiger partial charge is 0.507 e. The lowest BCUT2D eigenvalue weighted by molar-refractivity contribution is 0.477. The zero-order valence-corrected chi connectivity index (χ0v) is 11.4. The molecule has 2 aromatic carbocycles. The quantitative estimate of drug-likeness (QED) is 0.711.